The standard InChI is InChI=1S/C16H20ClN3S/c17-14-6-3-7-15(13(14)10-18)19-16-20(8-9-21-16)11-12-4-1-2-5-12/h3,6-9,12H,1-2,4-5,10-11,18H2. The molecule has 0 aliphatic heterocycles. The number of halogens is 1. The Morgan fingerprint density at radius 1 is 1.33 bits per heavy atom. The molecule has 1 aliphatic carbocycles. The highest BCUT2D eigenvalue weighted by Crippen LogP contribution is 2.27. The summed E-state index contributed by atoms with van der Waals surface area (Å²) in [6, 6.07) is 5.77. The maximum atomic E-state index is 6.20. The van der Waals surface area contributed by atoms with Gasteiger partial charge in [-0.3, -0.25) is 0 Å². The Hall–Kier alpha value is -1.10. The number of rotatable bonds is 4. The van der Waals surface area contributed by atoms with Crippen LogP contribution < -0.4 is 10.5 Å². The van der Waals surface area contributed by atoms with Gasteiger partial charge in [0.1, 0.15) is 0 Å². The van der Waals surface area contributed by atoms with Crippen molar-refractivity contribution in [3.05, 3.63) is 45.2 Å². The van der Waals surface area contributed by atoms with Crippen LogP contribution in [0.1, 0.15) is 31.2 Å². The van der Waals surface area contributed by atoms with Crippen LogP contribution in [0.15, 0.2) is 34.8 Å². The van der Waals surface area contributed by atoms with E-state index in [2.05, 4.69) is 16.1 Å². The van der Waals surface area contributed by atoms with Crippen molar-refractivity contribution in [3.63, 3.8) is 0 Å². The van der Waals surface area contributed by atoms with Gasteiger partial charge in [0.2, 0.25) is 0 Å². The zero-order valence-electron chi connectivity index (χ0n) is 12.0. The van der Waals surface area contributed by atoms with Crippen LogP contribution in [0.4, 0.5) is 5.69 Å². The third-order valence-corrected chi connectivity index (χ3v) is 5.25. The maximum Gasteiger partial charge on any atom is 0.189 e. The lowest BCUT2D eigenvalue weighted by atomic mass is 10.1. The molecule has 0 bridgehead atoms. The molecule has 0 atom stereocenters. The Balaban J connectivity index is 1.93. The molecule has 1 aromatic heterocycles. The second-order valence-corrected chi connectivity index (χ2v) is 6.82. The molecule has 3 nitrogen and oxygen atoms in total. The van der Waals surface area contributed by atoms with E-state index >= 15 is 0 Å². The average Bonchev–Trinajstić information content (AvgIpc) is 3.12. The minimum atomic E-state index is 0.409. The third-order valence-electron chi connectivity index (χ3n) is 4.10. The van der Waals surface area contributed by atoms with E-state index in [0.29, 0.717) is 11.6 Å². The van der Waals surface area contributed by atoms with Crippen LogP contribution in [-0.4, -0.2) is 4.57 Å². The summed E-state index contributed by atoms with van der Waals surface area (Å²) in [6.45, 7) is 1.48. The first-order valence-electron chi connectivity index (χ1n) is 7.44. The molecule has 1 aromatic carbocycles. The molecule has 0 saturated heterocycles. The molecule has 0 radical (unpaired) electrons. The number of nitrogens with two attached hydrogens (primary N) is 1. The topological polar surface area (TPSA) is 43.3 Å². The molecule has 5 heteroatoms. The average molecular weight is 322 g/mol. The van der Waals surface area contributed by atoms with E-state index < -0.39 is 0 Å². The highest BCUT2D eigenvalue weighted by atomic mass is 35.5. The van der Waals surface area contributed by atoms with Gasteiger partial charge in [-0.25, -0.2) is 4.99 Å². The smallest absolute Gasteiger partial charge is 0.189 e. The lowest BCUT2D eigenvalue weighted by Gasteiger charge is -2.10. The lowest BCUT2D eigenvalue weighted by molar-refractivity contribution is 0.451. The molecule has 112 valence electrons. The molecule has 21 heavy (non-hydrogen) atoms. The Morgan fingerprint density at radius 3 is 2.90 bits per heavy atom. The van der Waals surface area contributed by atoms with E-state index in [1.54, 1.807) is 11.3 Å². The zero-order chi connectivity index (χ0) is 14.7. The minimum absolute atomic E-state index is 0.409. The number of benzene rings is 1. The van der Waals surface area contributed by atoms with E-state index in [9.17, 15) is 0 Å². The molecule has 1 fully saturated rings. The van der Waals surface area contributed by atoms with E-state index in [1.807, 2.05) is 18.2 Å². The van der Waals surface area contributed by atoms with Gasteiger partial charge in [-0.2, -0.15) is 0 Å². The lowest BCUT2D eigenvalue weighted by Crippen LogP contribution is -2.18. The fraction of sp³-hybridized carbons (Fsp3) is 0.438. The summed E-state index contributed by atoms with van der Waals surface area (Å²) in [7, 11) is 0. The van der Waals surface area contributed by atoms with Gasteiger partial charge in [0, 0.05) is 35.3 Å². The fourth-order valence-electron chi connectivity index (χ4n) is 2.95. The first kappa shape index (κ1) is 14.8. The largest absolute Gasteiger partial charge is 0.326 e. The highest BCUT2D eigenvalue weighted by Gasteiger charge is 2.15. The Bertz CT molecular complexity index is 668. The van der Waals surface area contributed by atoms with Crippen molar-refractivity contribution in [1.29, 1.82) is 0 Å². The third kappa shape index (κ3) is 3.39. The van der Waals surface area contributed by atoms with Gasteiger partial charge in [0.25, 0.3) is 0 Å². The van der Waals surface area contributed by atoms with Crippen molar-refractivity contribution in [3.8, 4) is 0 Å². The van der Waals surface area contributed by atoms with Gasteiger partial charge < -0.3 is 10.3 Å². The fourth-order valence-corrected chi connectivity index (χ4v) is 3.95. The van der Waals surface area contributed by atoms with Crippen molar-refractivity contribution in [2.45, 2.75) is 38.8 Å². The van der Waals surface area contributed by atoms with Crippen LogP contribution in [0.2, 0.25) is 5.02 Å². The van der Waals surface area contributed by atoms with E-state index in [0.717, 1.165) is 28.5 Å². The molecule has 1 saturated carbocycles. The Morgan fingerprint density at radius 2 is 2.14 bits per heavy atom. The van der Waals surface area contributed by atoms with Gasteiger partial charge in [-0.15, -0.1) is 11.3 Å². The first-order valence-corrected chi connectivity index (χ1v) is 8.70. The normalized spacial score (nSPS) is 16.8. The van der Waals surface area contributed by atoms with Crippen LogP contribution in [0.3, 0.4) is 0 Å². The highest BCUT2D eigenvalue weighted by molar-refractivity contribution is 7.07. The molecule has 0 unspecified atom stereocenters. The van der Waals surface area contributed by atoms with Crippen LogP contribution in [0, 0.1) is 5.92 Å². The summed E-state index contributed by atoms with van der Waals surface area (Å²) in [6.07, 6.45) is 7.55. The van der Waals surface area contributed by atoms with Crippen molar-refractivity contribution >= 4 is 28.6 Å². The second-order valence-electron chi connectivity index (χ2n) is 5.54. The van der Waals surface area contributed by atoms with Gasteiger partial charge in [-0.05, 0) is 30.9 Å². The molecular formula is C16H20ClN3S. The molecule has 0 spiro atoms. The van der Waals surface area contributed by atoms with E-state index in [1.165, 1.54) is 25.7 Å². The van der Waals surface area contributed by atoms with Crippen molar-refractivity contribution in [2.75, 3.05) is 0 Å². The van der Waals surface area contributed by atoms with Crippen LogP contribution in [0.5, 0.6) is 0 Å². The number of hydrogen-bond donors (Lipinski definition) is 1. The van der Waals surface area contributed by atoms with Crippen LogP contribution in [-0.2, 0) is 13.1 Å². The Kier molecular flexibility index (Phi) is 4.78. The summed E-state index contributed by atoms with van der Waals surface area (Å²) < 4.78 is 2.27. The number of nitrogens with zero attached hydrogens (tertiary/aromatic N) is 2. The van der Waals surface area contributed by atoms with Gasteiger partial charge >= 0.3 is 0 Å². The predicted octanol–water partition coefficient (Wildman–Crippen LogP) is 4.08. The molecule has 0 amide bonds. The molecular weight excluding hydrogens is 302 g/mol. The quantitative estimate of drug-likeness (QED) is 0.905. The van der Waals surface area contributed by atoms with E-state index in [-0.39, 0.29) is 0 Å². The summed E-state index contributed by atoms with van der Waals surface area (Å²) >= 11 is 7.87. The summed E-state index contributed by atoms with van der Waals surface area (Å²) in [5.74, 6) is 0.798. The SMILES string of the molecule is NCc1c(Cl)cccc1N=c1sccn1CC1CCCC1. The maximum absolute atomic E-state index is 6.20. The molecule has 1 heterocycles. The summed E-state index contributed by atoms with van der Waals surface area (Å²) in [5.41, 5.74) is 7.60. The van der Waals surface area contributed by atoms with Crippen LogP contribution >= 0.6 is 22.9 Å². The zero-order valence-corrected chi connectivity index (χ0v) is 13.5. The van der Waals surface area contributed by atoms with Crippen molar-refractivity contribution in [1.82, 2.24) is 4.57 Å². The predicted molar refractivity (Wildman–Crippen MR) is 88.8 cm³/mol. The molecule has 3 rings (SSSR count). The summed E-state index contributed by atoms with van der Waals surface area (Å²) in [5, 5.41) is 2.79. The minimum Gasteiger partial charge on any atom is -0.326 e. The summed E-state index contributed by atoms with van der Waals surface area (Å²) in [4.78, 5) is 5.82. The second kappa shape index (κ2) is 6.77. The molecule has 2 N–H and O–H groups in total. The Labute approximate surface area is 134 Å². The monoisotopic (exact) mass is 321 g/mol. The first-order chi connectivity index (χ1) is 10.3. The van der Waals surface area contributed by atoms with Gasteiger partial charge in [0.15, 0.2) is 4.80 Å². The van der Waals surface area contributed by atoms with Gasteiger partial charge in [-0.1, -0.05) is 30.5 Å². The van der Waals surface area contributed by atoms with Crippen molar-refractivity contribution < 1.29 is 0 Å². The number of aromatic nitrogens is 1. The van der Waals surface area contributed by atoms with Crippen LogP contribution in [0.25, 0.3) is 0 Å². The van der Waals surface area contributed by atoms with Gasteiger partial charge in [0.05, 0.1) is 5.69 Å². The van der Waals surface area contributed by atoms with Crippen molar-refractivity contribution in [2.24, 2.45) is 16.6 Å². The van der Waals surface area contributed by atoms with E-state index in [4.69, 9.17) is 22.3 Å². The molecule has 1 aliphatic rings. The number of thiazole rings is 1. The number of hydrogen-bond acceptors (Lipinski definition) is 3. The molecule has 2 aromatic rings.